The SMILES string of the molecule is Cl.Cl.O=C(NCC[C@H]1CCCN1)c1ccc2ccccc2n1. The first kappa shape index (κ1) is 18.7. The average Bonchev–Trinajstić information content (AvgIpc) is 3.00. The van der Waals surface area contributed by atoms with Crippen LogP contribution in [0.3, 0.4) is 0 Å². The fourth-order valence-corrected chi connectivity index (χ4v) is 2.65. The number of hydrogen-bond donors (Lipinski definition) is 2. The summed E-state index contributed by atoms with van der Waals surface area (Å²) >= 11 is 0. The van der Waals surface area contributed by atoms with Gasteiger partial charge in [-0.05, 0) is 37.9 Å². The van der Waals surface area contributed by atoms with E-state index >= 15 is 0 Å². The third kappa shape index (κ3) is 4.57. The van der Waals surface area contributed by atoms with E-state index in [2.05, 4.69) is 15.6 Å². The van der Waals surface area contributed by atoms with Crippen LogP contribution in [-0.4, -0.2) is 30.0 Å². The lowest BCUT2D eigenvalue weighted by Crippen LogP contribution is -2.31. The van der Waals surface area contributed by atoms with Crippen molar-refractivity contribution < 1.29 is 4.79 Å². The number of carbonyl (C=O) groups excluding carboxylic acids is 1. The Morgan fingerprint density at radius 3 is 2.82 bits per heavy atom. The highest BCUT2D eigenvalue weighted by atomic mass is 35.5. The highest BCUT2D eigenvalue weighted by Gasteiger charge is 2.14. The van der Waals surface area contributed by atoms with Crippen LogP contribution in [0.4, 0.5) is 0 Å². The molecule has 1 fully saturated rings. The Kier molecular flexibility index (Phi) is 7.59. The number of aromatic nitrogens is 1. The normalized spacial score (nSPS) is 16.6. The minimum absolute atomic E-state index is 0. The molecule has 0 unspecified atom stereocenters. The molecule has 0 saturated carbocycles. The number of fused-ring (bicyclic) bond motifs is 1. The molecule has 0 aliphatic carbocycles. The van der Waals surface area contributed by atoms with E-state index in [1.165, 1.54) is 12.8 Å². The molecule has 2 N–H and O–H groups in total. The molecule has 22 heavy (non-hydrogen) atoms. The maximum atomic E-state index is 12.1. The number of nitrogens with zero attached hydrogens (tertiary/aromatic N) is 1. The van der Waals surface area contributed by atoms with Crippen LogP contribution in [0, 0.1) is 0 Å². The van der Waals surface area contributed by atoms with Crippen molar-refractivity contribution in [3.63, 3.8) is 0 Å². The van der Waals surface area contributed by atoms with Gasteiger partial charge in [0, 0.05) is 18.0 Å². The van der Waals surface area contributed by atoms with E-state index in [1.54, 1.807) is 6.07 Å². The second kappa shape index (κ2) is 8.93. The summed E-state index contributed by atoms with van der Waals surface area (Å²) in [5.74, 6) is -0.0891. The van der Waals surface area contributed by atoms with Crippen molar-refractivity contribution in [2.24, 2.45) is 0 Å². The molecule has 2 aromatic rings. The first-order chi connectivity index (χ1) is 9.83. The van der Waals surface area contributed by atoms with Crippen LogP contribution in [0.2, 0.25) is 0 Å². The zero-order valence-corrected chi connectivity index (χ0v) is 13.9. The van der Waals surface area contributed by atoms with Gasteiger partial charge in [-0.25, -0.2) is 4.98 Å². The maximum Gasteiger partial charge on any atom is 0.269 e. The number of pyridine rings is 1. The molecule has 1 aliphatic rings. The van der Waals surface area contributed by atoms with Gasteiger partial charge in [-0.1, -0.05) is 24.3 Å². The number of hydrogen-bond acceptors (Lipinski definition) is 3. The first-order valence-electron chi connectivity index (χ1n) is 7.20. The molecule has 0 radical (unpaired) electrons. The summed E-state index contributed by atoms with van der Waals surface area (Å²) in [5.41, 5.74) is 1.35. The monoisotopic (exact) mass is 341 g/mol. The van der Waals surface area contributed by atoms with Gasteiger partial charge in [-0.3, -0.25) is 4.79 Å². The van der Waals surface area contributed by atoms with Crippen LogP contribution in [0.5, 0.6) is 0 Å². The number of amides is 1. The van der Waals surface area contributed by atoms with Crippen LogP contribution in [0.1, 0.15) is 29.8 Å². The summed E-state index contributed by atoms with van der Waals surface area (Å²) < 4.78 is 0. The van der Waals surface area contributed by atoms with Gasteiger partial charge in [0.25, 0.3) is 5.91 Å². The van der Waals surface area contributed by atoms with Crippen molar-refractivity contribution in [3.8, 4) is 0 Å². The molecule has 1 amide bonds. The van der Waals surface area contributed by atoms with E-state index in [9.17, 15) is 4.79 Å². The molecule has 4 nitrogen and oxygen atoms in total. The molecule has 3 rings (SSSR count). The Hall–Kier alpha value is -1.36. The predicted octanol–water partition coefficient (Wildman–Crippen LogP) is 2.95. The van der Waals surface area contributed by atoms with Gasteiger partial charge in [0.2, 0.25) is 0 Å². The van der Waals surface area contributed by atoms with Gasteiger partial charge >= 0.3 is 0 Å². The summed E-state index contributed by atoms with van der Waals surface area (Å²) in [4.78, 5) is 16.5. The van der Waals surface area contributed by atoms with Gasteiger partial charge < -0.3 is 10.6 Å². The topological polar surface area (TPSA) is 54.0 Å². The number of carbonyl (C=O) groups is 1. The standard InChI is InChI=1S/C16H19N3O.2ClH/c20-16(18-11-9-13-5-3-10-17-13)15-8-7-12-4-1-2-6-14(12)19-15;;/h1-2,4,6-8,13,17H,3,5,9-11H2,(H,18,20);2*1H/t13-;;/m1../s1. The lowest BCUT2D eigenvalue weighted by atomic mass is 10.1. The van der Waals surface area contributed by atoms with Crippen molar-refractivity contribution in [2.75, 3.05) is 13.1 Å². The van der Waals surface area contributed by atoms with E-state index in [1.807, 2.05) is 30.3 Å². The number of para-hydroxylation sites is 1. The van der Waals surface area contributed by atoms with Crippen LogP contribution >= 0.6 is 24.8 Å². The van der Waals surface area contributed by atoms with Gasteiger partial charge in [0.1, 0.15) is 5.69 Å². The maximum absolute atomic E-state index is 12.1. The van der Waals surface area contributed by atoms with Crippen molar-refractivity contribution in [2.45, 2.75) is 25.3 Å². The second-order valence-electron chi connectivity index (χ2n) is 5.23. The summed E-state index contributed by atoms with van der Waals surface area (Å²) in [5, 5.41) is 7.43. The van der Waals surface area contributed by atoms with Crippen LogP contribution < -0.4 is 10.6 Å². The van der Waals surface area contributed by atoms with E-state index in [-0.39, 0.29) is 30.7 Å². The third-order valence-electron chi connectivity index (χ3n) is 3.77. The number of benzene rings is 1. The van der Waals surface area contributed by atoms with Crippen LogP contribution in [0.25, 0.3) is 10.9 Å². The van der Waals surface area contributed by atoms with E-state index in [0.717, 1.165) is 23.9 Å². The molecular weight excluding hydrogens is 321 g/mol. The lowest BCUT2D eigenvalue weighted by Gasteiger charge is -2.10. The van der Waals surface area contributed by atoms with Gasteiger partial charge in [-0.2, -0.15) is 0 Å². The Bertz CT molecular complexity index is 615. The fourth-order valence-electron chi connectivity index (χ4n) is 2.65. The highest BCUT2D eigenvalue weighted by Crippen LogP contribution is 2.12. The Morgan fingerprint density at radius 1 is 1.23 bits per heavy atom. The molecule has 6 heteroatoms. The van der Waals surface area contributed by atoms with Crippen molar-refractivity contribution in [3.05, 3.63) is 42.1 Å². The third-order valence-corrected chi connectivity index (χ3v) is 3.77. The molecular formula is C16H21Cl2N3O. The largest absolute Gasteiger partial charge is 0.351 e. The number of halogens is 2. The summed E-state index contributed by atoms with van der Waals surface area (Å²) in [6, 6.07) is 12.1. The van der Waals surface area contributed by atoms with Crippen molar-refractivity contribution >= 4 is 41.6 Å². The van der Waals surface area contributed by atoms with E-state index in [0.29, 0.717) is 18.3 Å². The molecule has 0 spiro atoms. The Balaban J connectivity index is 0.00000121. The van der Waals surface area contributed by atoms with Gasteiger partial charge in [0.15, 0.2) is 0 Å². The molecule has 1 aromatic carbocycles. The van der Waals surface area contributed by atoms with Crippen LogP contribution in [0.15, 0.2) is 36.4 Å². The minimum Gasteiger partial charge on any atom is -0.351 e. The fraction of sp³-hybridized carbons (Fsp3) is 0.375. The Labute approximate surface area is 142 Å². The van der Waals surface area contributed by atoms with E-state index < -0.39 is 0 Å². The molecule has 0 bridgehead atoms. The van der Waals surface area contributed by atoms with Gasteiger partial charge in [-0.15, -0.1) is 24.8 Å². The molecule has 120 valence electrons. The van der Waals surface area contributed by atoms with Gasteiger partial charge in [0.05, 0.1) is 5.52 Å². The average molecular weight is 342 g/mol. The summed E-state index contributed by atoms with van der Waals surface area (Å²) in [6.07, 6.45) is 3.44. The lowest BCUT2D eigenvalue weighted by molar-refractivity contribution is 0.0947. The highest BCUT2D eigenvalue weighted by molar-refractivity contribution is 5.94. The number of rotatable bonds is 4. The second-order valence-corrected chi connectivity index (χ2v) is 5.23. The van der Waals surface area contributed by atoms with E-state index in [4.69, 9.17) is 0 Å². The first-order valence-corrected chi connectivity index (χ1v) is 7.20. The minimum atomic E-state index is -0.0891. The summed E-state index contributed by atoms with van der Waals surface area (Å²) in [7, 11) is 0. The molecule has 1 saturated heterocycles. The molecule has 1 atom stereocenters. The number of nitrogens with one attached hydrogen (secondary N) is 2. The quantitative estimate of drug-likeness (QED) is 0.898. The molecule has 2 heterocycles. The smallest absolute Gasteiger partial charge is 0.269 e. The molecule has 1 aliphatic heterocycles. The zero-order valence-electron chi connectivity index (χ0n) is 12.2. The Morgan fingerprint density at radius 2 is 2.05 bits per heavy atom. The summed E-state index contributed by atoms with van der Waals surface area (Å²) in [6.45, 7) is 1.80. The van der Waals surface area contributed by atoms with Crippen molar-refractivity contribution in [1.29, 1.82) is 0 Å². The molecule has 1 aromatic heterocycles. The zero-order chi connectivity index (χ0) is 13.8. The predicted molar refractivity (Wildman–Crippen MR) is 94.2 cm³/mol. The van der Waals surface area contributed by atoms with Crippen LogP contribution in [-0.2, 0) is 0 Å². The van der Waals surface area contributed by atoms with Crippen molar-refractivity contribution in [1.82, 2.24) is 15.6 Å².